The van der Waals surface area contributed by atoms with Crippen molar-refractivity contribution in [3.05, 3.63) is 0 Å². The highest BCUT2D eigenvalue weighted by Crippen LogP contribution is 2.16. The topological polar surface area (TPSA) is 72.6 Å². The molecule has 2 atom stereocenters. The van der Waals surface area contributed by atoms with Gasteiger partial charge in [-0.05, 0) is 6.42 Å². The molecule has 0 aromatic heterocycles. The molecule has 0 aromatic carbocycles. The number of ether oxygens (including phenoxy) is 1. The van der Waals surface area contributed by atoms with Gasteiger partial charge in [0.1, 0.15) is 0 Å². The van der Waals surface area contributed by atoms with Crippen LogP contribution in [0.3, 0.4) is 0 Å². The van der Waals surface area contributed by atoms with Gasteiger partial charge in [0.25, 0.3) is 0 Å². The highest BCUT2D eigenvalue weighted by molar-refractivity contribution is 5.85. The summed E-state index contributed by atoms with van der Waals surface area (Å²) in [6, 6.07) is -0.241. The molecule has 1 fully saturated rings. The van der Waals surface area contributed by atoms with E-state index in [1.165, 1.54) is 0 Å². The van der Waals surface area contributed by atoms with E-state index >= 15 is 0 Å². The molecule has 5 heteroatoms. The lowest BCUT2D eigenvalue weighted by molar-refractivity contribution is -0.137. The molecule has 1 saturated heterocycles. The molecule has 2 unspecified atom stereocenters. The summed E-state index contributed by atoms with van der Waals surface area (Å²) in [5, 5.41) is 8.42. The third-order valence-corrected chi connectivity index (χ3v) is 1.98. The Morgan fingerprint density at radius 3 is 2.83 bits per heavy atom. The van der Waals surface area contributed by atoms with Crippen LogP contribution in [0, 0.1) is 5.92 Å². The molecule has 0 spiro atoms. The average molecular weight is 196 g/mol. The second-order valence-corrected chi connectivity index (χ2v) is 2.89. The standard InChI is InChI=1S/C7H13NO3.ClH/c8-6(3-7(9)10)5-1-2-11-4-5;/h5-6H,1-4,8H2,(H,9,10);1H. The van der Waals surface area contributed by atoms with Gasteiger partial charge in [0.15, 0.2) is 0 Å². The predicted octanol–water partition coefficient (Wildman–Crippen LogP) is 0.247. The molecule has 12 heavy (non-hydrogen) atoms. The second kappa shape index (κ2) is 5.35. The van der Waals surface area contributed by atoms with Gasteiger partial charge in [0, 0.05) is 18.6 Å². The number of aliphatic carboxylic acids is 1. The first-order valence-corrected chi connectivity index (χ1v) is 3.75. The third kappa shape index (κ3) is 3.38. The first-order chi connectivity index (χ1) is 5.20. The molecule has 0 aliphatic carbocycles. The van der Waals surface area contributed by atoms with Gasteiger partial charge in [-0.2, -0.15) is 0 Å². The Morgan fingerprint density at radius 2 is 2.42 bits per heavy atom. The maximum absolute atomic E-state index is 10.2. The van der Waals surface area contributed by atoms with E-state index in [0.29, 0.717) is 6.61 Å². The maximum Gasteiger partial charge on any atom is 0.304 e. The van der Waals surface area contributed by atoms with Crippen molar-refractivity contribution in [2.24, 2.45) is 11.7 Å². The van der Waals surface area contributed by atoms with Gasteiger partial charge in [0.2, 0.25) is 0 Å². The lowest BCUT2D eigenvalue weighted by atomic mass is 9.97. The summed E-state index contributed by atoms with van der Waals surface area (Å²) >= 11 is 0. The maximum atomic E-state index is 10.2. The summed E-state index contributed by atoms with van der Waals surface area (Å²) in [4.78, 5) is 10.2. The highest BCUT2D eigenvalue weighted by Gasteiger charge is 2.24. The van der Waals surface area contributed by atoms with Crippen molar-refractivity contribution in [1.29, 1.82) is 0 Å². The first-order valence-electron chi connectivity index (χ1n) is 3.75. The Balaban J connectivity index is 0.00000121. The van der Waals surface area contributed by atoms with Gasteiger partial charge in [-0.1, -0.05) is 0 Å². The molecule has 3 N–H and O–H groups in total. The lowest BCUT2D eigenvalue weighted by Crippen LogP contribution is -2.32. The zero-order valence-electron chi connectivity index (χ0n) is 6.73. The molecule has 1 aliphatic heterocycles. The normalized spacial score (nSPS) is 24.6. The van der Waals surface area contributed by atoms with Crippen LogP contribution in [0.15, 0.2) is 0 Å². The number of halogens is 1. The number of carboxylic acids is 1. The Morgan fingerprint density at radius 1 is 1.75 bits per heavy atom. The van der Waals surface area contributed by atoms with Crippen molar-refractivity contribution in [2.75, 3.05) is 13.2 Å². The van der Waals surface area contributed by atoms with Crippen LogP contribution in [-0.4, -0.2) is 30.3 Å². The number of carboxylic acid groups (broad SMARTS) is 1. The van der Waals surface area contributed by atoms with Gasteiger partial charge in [-0.25, -0.2) is 0 Å². The Kier molecular flexibility index (Phi) is 5.20. The van der Waals surface area contributed by atoms with Gasteiger partial charge in [-0.15, -0.1) is 12.4 Å². The zero-order valence-corrected chi connectivity index (χ0v) is 7.55. The molecule has 0 amide bonds. The molecular formula is C7H14ClNO3. The number of carbonyl (C=O) groups is 1. The zero-order chi connectivity index (χ0) is 8.27. The molecule has 0 bridgehead atoms. The molecule has 72 valence electrons. The van der Waals surface area contributed by atoms with Crippen molar-refractivity contribution in [3.63, 3.8) is 0 Å². The fraction of sp³-hybridized carbons (Fsp3) is 0.857. The van der Waals surface area contributed by atoms with E-state index < -0.39 is 5.97 Å². The summed E-state index contributed by atoms with van der Waals surface area (Å²) in [6.45, 7) is 1.34. The molecule has 1 heterocycles. The number of nitrogens with two attached hydrogens (primary N) is 1. The summed E-state index contributed by atoms with van der Waals surface area (Å²) in [6.07, 6.45) is 0.947. The summed E-state index contributed by atoms with van der Waals surface area (Å²) in [5.74, 6) is -0.587. The third-order valence-electron chi connectivity index (χ3n) is 1.98. The minimum absolute atomic E-state index is 0. The predicted molar refractivity (Wildman–Crippen MR) is 46.4 cm³/mol. The quantitative estimate of drug-likeness (QED) is 0.677. The van der Waals surface area contributed by atoms with E-state index in [4.69, 9.17) is 15.6 Å². The SMILES string of the molecule is Cl.NC(CC(=O)O)C1CCOC1. The fourth-order valence-corrected chi connectivity index (χ4v) is 1.26. The monoisotopic (exact) mass is 195 g/mol. The van der Waals surface area contributed by atoms with Crippen molar-refractivity contribution in [3.8, 4) is 0 Å². The van der Waals surface area contributed by atoms with E-state index in [2.05, 4.69) is 0 Å². The van der Waals surface area contributed by atoms with Crippen LogP contribution in [0.1, 0.15) is 12.8 Å². The van der Waals surface area contributed by atoms with E-state index in [0.717, 1.165) is 13.0 Å². The molecule has 1 aliphatic rings. The van der Waals surface area contributed by atoms with E-state index in [-0.39, 0.29) is 30.8 Å². The minimum Gasteiger partial charge on any atom is -0.481 e. The molecule has 0 saturated carbocycles. The summed E-state index contributed by atoms with van der Waals surface area (Å²) in [7, 11) is 0. The minimum atomic E-state index is -0.829. The van der Waals surface area contributed by atoms with Crippen LogP contribution in [0.4, 0.5) is 0 Å². The average Bonchev–Trinajstić information content (AvgIpc) is 2.35. The number of hydrogen-bond acceptors (Lipinski definition) is 3. The second-order valence-electron chi connectivity index (χ2n) is 2.89. The largest absolute Gasteiger partial charge is 0.481 e. The molecular weight excluding hydrogens is 182 g/mol. The van der Waals surface area contributed by atoms with Crippen LogP contribution in [0.2, 0.25) is 0 Å². The molecule has 0 aromatic rings. The van der Waals surface area contributed by atoms with Gasteiger partial charge < -0.3 is 15.6 Å². The number of rotatable bonds is 3. The summed E-state index contributed by atoms with van der Waals surface area (Å²) < 4.78 is 5.09. The fourth-order valence-electron chi connectivity index (χ4n) is 1.26. The van der Waals surface area contributed by atoms with Crippen molar-refractivity contribution in [1.82, 2.24) is 0 Å². The van der Waals surface area contributed by atoms with Crippen LogP contribution in [0.5, 0.6) is 0 Å². The van der Waals surface area contributed by atoms with Crippen molar-refractivity contribution in [2.45, 2.75) is 18.9 Å². The molecule has 4 nitrogen and oxygen atoms in total. The van der Waals surface area contributed by atoms with Crippen LogP contribution in [-0.2, 0) is 9.53 Å². The number of hydrogen-bond donors (Lipinski definition) is 2. The van der Waals surface area contributed by atoms with Gasteiger partial charge in [0.05, 0.1) is 13.0 Å². The highest BCUT2D eigenvalue weighted by atomic mass is 35.5. The van der Waals surface area contributed by atoms with Crippen LogP contribution in [0.25, 0.3) is 0 Å². The molecule has 1 rings (SSSR count). The molecule has 0 radical (unpaired) electrons. The smallest absolute Gasteiger partial charge is 0.304 e. The van der Waals surface area contributed by atoms with E-state index in [9.17, 15) is 4.79 Å². The van der Waals surface area contributed by atoms with Crippen LogP contribution >= 0.6 is 12.4 Å². The summed E-state index contributed by atoms with van der Waals surface area (Å²) in [5.41, 5.74) is 5.62. The van der Waals surface area contributed by atoms with E-state index in [1.807, 2.05) is 0 Å². The van der Waals surface area contributed by atoms with Crippen molar-refractivity contribution >= 4 is 18.4 Å². The van der Waals surface area contributed by atoms with Crippen molar-refractivity contribution < 1.29 is 14.6 Å². The van der Waals surface area contributed by atoms with Crippen LogP contribution < -0.4 is 5.73 Å². The van der Waals surface area contributed by atoms with Gasteiger partial charge in [-0.3, -0.25) is 4.79 Å². The Hall–Kier alpha value is -0.320. The Labute approximate surface area is 77.5 Å². The lowest BCUT2D eigenvalue weighted by Gasteiger charge is -2.14. The first kappa shape index (κ1) is 11.7. The van der Waals surface area contributed by atoms with Gasteiger partial charge >= 0.3 is 5.97 Å². The Bertz CT molecular complexity index is 148. The van der Waals surface area contributed by atoms with E-state index in [1.54, 1.807) is 0 Å².